The molecular weight excluding hydrogens is 394 g/mol. The molecule has 4 nitrogen and oxygen atoms in total. The number of nitrogens with zero attached hydrogens (tertiary/aromatic N) is 1. The number of fused-ring (bicyclic) bond motifs is 1. The van der Waals surface area contributed by atoms with Gasteiger partial charge in [-0.25, -0.2) is 0 Å². The number of aryl methyl sites for hydroxylation is 1. The topological polar surface area (TPSA) is 54.0 Å². The Morgan fingerprint density at radius 3 is 2.43 bits per heavy atom. The molecule has 0 unspecified atom stereocenters. The molecule has 0 radical (unpaired) electrons. The normalized spacial score (nSPS) is 29.0. The zero-order valence-electron chi connectivity index (χ0n) is 18.0. The average Bonchev–Trinajstić information content (AvgIpc) is 2.71. The number of rotatable bonds is 7. The molecule has 4 aliphatic carbocycles. The minimum atomic E-state index is 0. The van der Waals surface area contributed by atoms with Gasteiger partial charge in [-0.15, -0.1) is 12.4 Å². The SMILES string of the molecule is CNCCCc1ccc2c(C(=O)NCC34CC5CC(CC(C5)C3)C4)cccc2n1.Cl. The van der Waals surface area contributed by atoms with Crippen molar-refractivity contribution < 1.29 is 4.79 Å². The number of hydrogen-bond donors (Lipinski definition) is 2. The van der Waals surface area contributed by atoms with Gasteiger partial charge >= 0.3 is 0 Å². The maximum atomic E-state index is 13.1. The summed E-state index contributed by atoms with van der Waals surface area (Å²) < 4.78 is 0. The standard InChI is InChI=1S/C25H33N3O.ClH/c1-26-9-3-4-20-7-8-21-22(5-2-6-23(21)28-20)24(29)27-16-25-13-17-10-18(14-25)12-19(11-17)15-25;/h2,5-8,17-19,26H,3-4,9-16H2,1H3,(H,27,29);1H. The van der Waals surface area contributed by atoms with Gasteiger partial charge in [-0.05, 0) is 106 Å². The van der Waals surface area contributed by atoms with E-state index in [1.54, 1.807) is 0 Å². The molecule has 4 aliphatic rings. The maximum absolute atomic E-state index is 13.1. The maximum Gasteiger partial charge on any atom is 0.251 e. The van der Waals surface area contributed by atoms with Crippen LogP contribution >= 0.6 is 12.4 Å². The number of halogens is 1. The largest absolute Gasteiger partial charge is 0.351 e. The summed E-state index contributed by atoms with van der Waals surface area (Å²) in [5, 5.41) is 7.47. The quantitative estimate of drug-likeness (QED) is 0.626. The van der Waals surface area contributed by atoms with E-state index in [0.29, 0.717) is 5.41 Å². The van der Waals surface area contributed by atoms with Crippen molar-refractivity contribution in [2.75, 3.05) is 20.1 Å². The first-order chi connectivity index (χ1) is 14.1. The molecule has 2 aromatic rings. The van der Waals surface area contributed by atoms with Gasteiger partial charge in [0, 0.05) is 23.2 Å². The van der Waals surface area contributed by atoms with E-state index in [1.165, 1.54) is 38.5 Å². The number of aromatic nitrogens is 1. The van der Waals surface area contributed by atoms with Crippen molar-refractivity contribution in [3.8, 4) is 0 Å². The molecule has 162 valence electrons. The summed E-state index contributed by atoms with van der Waals surface area (Å²) in [5.74, 6) is 2.82. The lowest BCUT2D eigenvalue weighted by molar-refractivity contribution is -0.0503. The summed E-state index contributed by atoms with van der Waals surface area (Å²) in [6.45, 7) is 1.84. The van der Waals surface area contributed by atoms with E-state index in [2.05, 4.69) is 22.8 Å². The van der Waals surface area contributed by atoms with Crippen LogP contribution in [0, 0.1) is 23.2 Å². The summed E-state index contributed by atoms with van der Waals surface area (Å²) in [6.07, 6.45) is 10.3. The molecule has 0 saturated heterocycles. The van der Waals surface area contributed by atoms with E-state index in [1.807, 2.05) is 25.2 Å². The Hall–Kier alpha value is -1.65. The lowest BCUT2D eigenvalue weighted by Crippen LogP contribution is -2.51. The van der Waals surface area contributed by atoms with Crippen LogP contribution in [0.5, 0.6) is 0 Å². The fourth-order valence-electron chi connectivity index (χ4n) is 6.85. The third-order valence-electron chi connectivity index (χ3n) is 7.68. The van der Waals surface area contributed by atoms with E-state index >= 15 is 0 Å². The molecule has 1 heterocycles. The molecule has 1 aromatic carbocycles. The second-order valence-electron chi connectivity index (χ2n) is 9.98. The molecular formula is C25H34ClN3O. The Morgan fingerprint density at radius 1 is 1.07 bits per heavy atom. The van der Waals surface area contributed by atoms with E-state index < -0.39 is 0 Å². The molecule has 4 bridgehead atoms. The minimum absolute atomic E-state index is 0. The van der Waals surface area contributed by atoms with E-state index in [4.69, 9.17) is 4.98 Å². The molecule has 1 amide bonds. The highest BCUT2D eigenvalue weighted by molar-refractivity contribution is 6.06. The Kier molecular flexibility index (Phi) is 6.36. The lowest BCUT2D eigenvalue weighted by Gasteiger charge is -2.56. The van der Waals surface area contributed by atoms with Crippen molar-refractivity contribution >= 4 is 29.2 Å². The number of pyridine rings is 1. The molecule has 6 rings (SSSR count). The average molecular weight is 428 g/mol. The number of hydrogen-bond acceptors (Lipinski definition) is 3. The summed E-state index contributed by atoms with van der Waals surface area (Å²) in [7, 11) is 1.97. The molecule has 4 saturated carbocycles. The van der Waals surface area contributed by atoms with Gasteiger partial charge in [0.05, 0.1) is 5.52 Å². The Balaban J connectivity index is 0.00000218. The highest BCUT2D eigenvalue weighted by atomic mass is 35.5. The Bertz CT molecular complexity index is 877. The van der Waals surface area contributed by atoms with Gasteiger partial charge in [-0.2, -0.15) is 0 Å². The van der Waals surface area contributed by atoms with Gasteiger partial charge in [-0.1, -0.05) is 12.1 Å². The highest BCUT2D eigenvalue weighted by Crippen LogP contribution is 2.59. The zero-order valence-corrected chi connectivity index (χ0v) is 18.8. The van der Waals surface area contributed by atoms with Crippen molar-refractivity contribution in [1.29, 1.82) is 0 Å². The van der Waals surface area contributed by atoms with Gasteiger partial charge < -0.3 is 10.6 Å². The van der Waals surface area contributed by atoms with E-state index in [-0.39, 0.29) is 18.3 Å². The van der Waals surface area contributed by atoms with Crippen molar-refractivity contribution in [1.82, 2.24) is 15.6 Å². The van der Waals surface area contributed by atoms with Gasteiger partial charge in [-0.3, -0.25) is 9.78 Å². The summed E-state index contributed by atoms with van der Waals surface area (Å²) in [4.78, 5) is 17.9. The molecule has 5 heteroatoms. The first-order valence-corrected chi connectivity index (χ1v) is 11.5. The second-order valence-corrected chi connectivity index (χ2v) is 9.98. The second kappa shape index (κ2) is 8.84. The molecule has 0 spiro atoms. The molecule has 1 aromatic heterocycles. The summed E-state index contributed by atoms with van der Waals surface area (Å²) >= 11 is 0. The van der Waals surface area contributed by atoms with Gasteiger partial charge in [0.1, 0.15) is 0 Å². The predicted molar refractivity (Wildman–Crippen MR) is 124 cm³/mol. The Morgan fingerprint density at radius 2 is 1.77 bits per heavy atom. The van der Waals surface area contributed by atoms with Crippen molar-refractivity contribution in [3.63, 3.8) is 0 Å². The van der Waals surface area contributed by atoms with Crippen LogP contribution in [-0.2, 0) is 6.42 Å². The van der Waals surface area contributed by atoms with Crippen LogP contribution in [0.25, 0.3) is 10.9 Å². The van der Waals surface area contributed by atoms with E-state index in [9.17, 15) is 4.79 Å². The smallest absolute Gasteiger partial charge is 0.251 e. The van der Waals surface area contributed by atoms with Crippen LogP contribution in [0.1, 0.15) is 61.0 Å². The van der Waals surface area contributed by atoms with Gasteiger partial charge in [0.2, 0.25) is 0 Å². The number of carbonyl (C=O) groups excluding carboxylic acids is 1. The summed E-state index contributed by atoms with van der Waals surface area (Å²) in [5.41, 5.74) is 3.16. The predicted octanol–water partition coefficient (Wildman–Crippen LogP) is 4.75. The first kappa shape index (κ1) is 21.6. The molecule has 30 heavy (non-hydrogen) atoms. The van der Waals surface area contributed by atoms with Crippen molar-refractivity contribution in [2.24, 2.45) is 23.2 Å². The van der Waals surface area contributed by atoms with Crippen LogP contribution in [-0.4, -0.2) is 31.0 Å². The fraction of sp³-hybridized carbons (Fsp3) is 0.600. The van der Waals surface area contributed by atoms with Gasteiger partial charge in [0.15, 0.2) is 0 Å². The monoisotopic (exact) mass is 427 g/mol. The molecule has 4 fully saturated rings. The van der Waals surface area contributed by atoms with Crippen LogP contribution in [0.4, 0.5) is 0 Å². The number of benzene rings is 1. The summed E-state index contributed by atoms with van der Waals surface area (Å²) in [6, 6.07) is 10.1. The lowest BCUT2D eigenvalue weighted by atomic mass is 9.49. The molecule has 0 atom stereocenters. The number of carbonyl (C=O) groups is 1. The van der Waals surface area contributed by atoms with Crippen LogP contribution in [0.2, 0.25) is 0 Å². The number of nitrogens with one attached hydrogen (secondary N) is 2. The van der Waals surface area contributed by atoms with Crippen LogP contribution in [0.3, 0.4) is 0 Å². The number of amides is 1. The third kappa shape index (κ3) is 4.22. The third-order valence-corrected chi connectivity index (χ3v) is 7.68. The Labute approximate surface area is 186 Å². The van der Waals surface area contributed by atoms with E-state index in [0.717, 1.165) is 65.8 Å². The minimum Gasteiger partial charge on any atom is -0.351 e. The molecule has 2 N–H and O–H groups in total. The first-order valence-electron chi connectivity index (χ1n) is 11.5. The van der Waals surface area contributed by atoms with Gasteiger partial charge in [0.25, 0.3) is 5.91 Å². The molecule has 0 aliphatic heterocycles. The van der Waals surface area contributed by atoms with Crippen LogP contribution < -0.4 is 10.6 Å². The van der Waals surface area contributed by atoms with Crippen molar-refractivity contribution in [3.05, 3.63) is 41.6 Å². The zero-order chi connectivity index (χ0) is 19.8. The fourth-order valence-corrected chi connectivity index (χ4v) is 6.85. The van der Waals surface area contributed by atoms with Crippen molar-refractivity contribution in [2.45, 2.75) is 51.4 Å². The highest BCUT2D eigenvalue weighted by Gasteiger charge is 2.50. The van der Waals surface area contributed by atoms with Crippen LogP contribution in [0.15, 0.2) is 30.3 Å².